The molecule has 2 aromatic carbocycles. The number of likely N-dealkylation sites (tertiary alicyclic amines) is 2. The molecule has 8 nitrogen and oxygen atoms in total. The lowest BCUT2D eigenvalue weighted by Gasteiger charge is -2.36. The number of benzene rings is 2. The van der Waals surface area contributed by atoms with E-state index in [9.17, 15) is 27.9 Å². The maximum atomic E-state index is 14.5. The first-order valence-corrected chi connectivity index (χ1v) is 12.4. The van der Waals surface area contributed by atoms with Gasteiger partial charge in [-0.25, -0.2) is 22.9 Å². The molecule has 1 unspecified atom stereocenters. The fourth-order valence-corrected chi connectivity index (χ4v) is 5.51. The highest BCUT2D eigenvalue weighted by Gasteiger charge is 2.45. The minimum absolute atomic E-state index is 0.0380. The quantitative estimate of drug-likeness (QED) is 0.519. The molecule has 1 aromatic heterocycles. The summed E-state index contributed by atoms with van der Waals surface area (Å²) in [5.74, 6) is -0.839. The highest BCUT2D eigenvalue weighted by Crippen LogP contribution is 2.42. The number of aryl methyl sites for hydroxylation is 1. The van der Waals surface area contributed by atoms with Crippen molar-refractivity contribution in [2.75, 3.05) is 31.5 Å². The van der Waals surface area contributed by atoms with Gasteiger partial charge in [0.05, 0.1) is 22.8 Å². The molecule has 0 bridgehead atoms. The summed E-state index contributed by atoms with van der Waals surface area (Å²) in [4.78, 5) is 33.5. The Morgan fingerprint density at radius 1 is 1.19 bits per heavy atom. The number of nitrogens with one attached hydrogen (secondary N) is 1. The van der Waals surface area contributed by atoms with Gasteiger partial charge in [0.2, 0.25) is 0 Å². The van der Waals surface area contributed by atoms with Gasteiger partial charge in [-0.15, -0.1) is 0 Å². The Hall–Kier alpha value is -3.51. The van der Waals surface area contributed by atoms with E-state index in [-0.39, 0.29) is 48.8 Å². The van der Waals surface area contributed by atoms with Gasteiger partial charge in [-0.05, 0) is 54.2 Å². The van der Waals surface area contributed by atoms with Crippen molar-refractivity contribution in [3.63, 3.8) is 0 Å². The minimum Gasteiger partial charge on any atom is -0.389 e. The maximum absolute atomic E-state index is 14.5. The number of alkyl halides is 2. The second-order valence-corrected chi connectivity index (χ2v) is 10.1. The number of nitrogens with zero attached hydrogens (tertiary/aromatic N) is 4. The highest BCUT2D eigenvalue weighted by molar-refractivity contribution is 7.05. The lowest BCUT2D eigenvalue weighted by Crippen LogP contribution is -2.53. The van der Waals surface area contributed by atoms with Crippen LogP contribution in [0.4, 0.5) is 23.7 Å². The average Bonchev–Trinajstić information content (AvgIpc) is 3.54. The number of urea groups is 1. The monoisotopic (exact) mass is 531 g/mol. The summed E-state index contributed by atoms with van der Waals surface area (Å²) in [7, 11) is 0. The van der Waals surface area contributed by atoms with Crippen LogP contribution >= 0.6 is 11.5 Å². The van der Waals surface area contributed by atoms with Crippen molar-refractivity contribution in [3.8, 4) is 0 Å². The number of aliphatic hydroxyl groups excluding tert-OH is 1. The fraction of sp³-hybridized carbons (Fsp3) is 0.360. The molecular formula is C25H24F3N5O3S. The topological polar surface area (TPSA) is 98.7 Å². The van der Waals surface area contributed by atoms with Crippen LogP contribution in [-0.4, -0.2) is 68.5 Å². The normalized spacial score (nSPS) is 19.8. The molecule has 0 aliphatic carbocycles. The molecule has 37 heavy (non-hydrogen) atoms. The molecule has 2 N–H and O–H groups in total. The Morgan fingerprint density at radius 3 is 2.62 bits per heavy atom. The third kappa shape index (κ3) is 4.66. The zero-order valence-corrected chi connectivity index (χ0v) is 20.6. The van der Waals surface area contributed by atoms with E-state index in [0.29, 0.717) is 22.6 Å². The van der Waals surface area contributed by atoms with E-state index >= 15 is 0 Å². The molecule has 3 amide bonds. The van der Waals surface area contributed by atoms with Gasteiger partial charge in [0.25, 0.3) is 12.3 Å². The minimum atomic E-state index is -2.79. The first-order chi connectivity index (χ1) is 17.7. The van der Waals surface area contributed by atoms with E-state index in [0.717, 1.165) is 12.1 Å². The Kier molecular flexibility index (Phi) is 6.63. The molecule has 1 atom stereocenters. The number of aromatic nitrogens is 2. The molecule has 0 spiro atoms. The molecule has 3 aromatic rings. The first-order valence-electron chi connectivity index (χ1n) is 11.7. The molecule has 2 aliphatic rings. The van der Waals surface area contributed by atoms with E-state index in [2.05, 4.69) is 14.7 Å². The zero-order valence-electron chi connectivity index (χ0n) is 19.8. The molecule has 2 aliphatic heterocycles. The van der Waals surface area contributed by atoms with Gasteiger partial charge in [0, 0.05) is 31.7 Å². The van der Waals surface area contributed by atoms with E-state index in [1.807, 2.05) is 6.07 Å². The number of aliphatic hydroxyl groups is 1. The van der Waals surface area contributed by atoms with Gasteiger partial charge in [-0.3, -0.25) is 4.79 Å². The van der Waals surface area contributed by atoms with Crippen LogP contribution in [0, 0.1) is 12.7 Å². The second kappa shape index (κ2) is 9.75. The molecule has 2 saturated heterocycles. The predicted molar refractivity (Wildman–Crippen MR) is 130 cm³/mol. The average molecular weight is 532 g/mol. The van der Waals surface area contributed by atoms with Crippen LogP contribution in [0.15, 0.2) is 42.7 Å². The number of carbonyl (C=O) groups is 2. The summed E-state index contributed by atoms with van der Waals surface area (Å²) < 4.78 is 45.4. The van der Waals surface area contributed by atoms with Crippen LogP contribution in [0.2, 0.25) is 0 Å². The zero-order chi connectivity index (χ0) is 26.3. The Morgan fingerprint density at radius 2 is 1.97 bits per heavy atom. The van der Waals surface area contributed by atoms with E-state index in [1.54, 1.807) is 13.0 Å². The standard InChI is InChI=1S/C25H24F3N5O3S/c1-14-2-4-16(9-19(14)26)25(23-29-13-30-37-23)6-7-32(12-25)24(36)31-20-8-15(21(27)28)3-5-18(20)22(35)33-10-17(34)11-33/h2-5,8-9,13,17,21,34H,6-7,10-12H2,1H3,(H,31,36). The molecular weight excluding hydrogens is 507 g/mol. The first kappa shape index (κ1) is 25.2. The maximum Gasteiger partial charge on any atom is 0.321 e. The number of halogens is 3. The molecule has 0 saturated carbocycles. The van der Waals surface area contributed by atoms with Crippen LogP contribution < -0.4 is 5.32 Å². The summed E-state index contributed by atoms with van der Waals surface area (Å²) in [6, 6.07) is 7.85. The number of β-amino-alcohol motifs (C(OH)–C–C–N with tert-alkyl or cyclic N) is 1. The lowest BCUT2D eigenvalue weighted by atomic mass is 9.80. The van der Waals surface area contributed by atoms with Crippen molar-refractivity contribution < 1.29 is 27.9 Å². The van der Waals surface area contributed by atoms with Gasteiger partial charge in [-0.1, -0.05) is 18.2 Å². The van der Waals surface area contributed by atoms with Crippen LogP contribution in [0.5, 0.6) is 0 Å². The summed E-state index contributed by atoms with van der Waals surface area (Å²) >= 11 is 1.17. The Balaban J connectivity index is 1.42. The third-order valence-corrected chi connectivity index (χ3v) is 7.84. The molecule has 3 heterocycles. The number of anilines is 1. The van der Waals surface area contributed by atoms with Crippen molar-refractivity contribution in [1.82, 2.24) is 19.2 Å². The van der Waals surface area contributed by atoms with E-state index < -0.39 is 29.9 Å². The van der Waals surface area contributed by atoms with Crippen LogP contribution in [0.3, 0.4) is 0 Å². The molecule has 194 valence electrons. The highest BCUT2D eigenvalue weighted by atomic mass is 32.1. The Bertz CT molecular complexity index is 1330. The van der Waals surface area contributed by atoms with Crippen molar-refractivity contribution >= 4 is 29.2 Å². The molecule has 2 fully saturated rings. The van der Waals surface area contributed by atoms with Gasteiger partial charge >= 0.3 is 6.03 Å². The van der Waals surface area contributed by atoms with Crippen molar-refractivity contribution in [2.45, 2.75) is 31.3 Å². The lowest BCUT2D eigenvalue weighted by molar-refractivity contribution is 0.00595. The summed E-state index contributed by atoms with van der Waals surface area (Å²) in [5.41, 5.74) is 0.0489. The van der Waals surface area contributed by atoms with Crippen molar-refractivity contribution in [2.24, 2.45) is 0 Å². The Labute approximate surface area is 214 Å². The van der Waals surface area contributed by atoms with Crippen LogP contribution in [0.1, 0.15) is 44.9 Å². The van der Waals surface area contributed by atoms with E-state index in [1.165, 1.54) is 39.8 Å². The number of carbonyl (C=O) groups excluding carboxylic acids is 2. The van der Waals surface area contributed by atoms with Gasteiger partial charge < -0.3 is 20.2 Å². The molecule has 0 radical (unpaired) electrons. The summed E-state index contributed by atoms with van der Waals surface area (Å²) in [6.07, 6.45) is -1.56. The number of hydrogen-bond acceptors (Lipinski definition) is 6. The number of hydrogen-bond donors (Lipinski definition) is 2. The van der Waals surface area contributed by atoms with Crippen LogP contribution in [0.25, 0.3) is 0 Å². The smallest absolute Gasteiger partial charge is 0.321 e. The predicted octanol–water partition coefficient (Wildman–Crippen LogP) is 3.96. The number of rotatable bonds is 5. The summed E-state index contributed by atoms with van der Waals surface area (Å²) in [5, 5.41) is 12.8. The van der Waals surface area contributed by atoms with Gasteiger partial charge in [-0.2, -0.15) is 4.37 Å². The van der Waals surface area contributed by atoms with Crippen LogP contribution in [-0.2, 0) is 5.41 Å². The van der Waals surface area contributed by atoms with Crippen molar-refractivity contribution in [1.29, 1.82) is 0 Å². The van der Waals surface area contributed by atoms with Crippen molar-refractivity contribution in [3.05, 3.63) is 75.8 Å². The molecule has 12 heteroatoms. The van der Waals surface area contributed by atoms with Gasteiger partial charge in [0.1, 0.15) is 17.2 Å². The fourth-order valence-electron chi connectivity index (χ4n) is 4.76. The summed E-state index contributed by atoms with van der Waals surface area (Å²) in [6.45, 7) is 2.38. The van der Waals surface area contributed by atoms with Gasteiger partial charge in [0.15, 0.2) is 0 Å². The number of amides is 3. The molecule has 5 rings (SSSR count). The van der Waals surface area contributed by atoms with E-state index in [4.69, 9.17) is 0 Å². The SMILES string of the molecule is Cc1ccc(C2(c3ncns3)CCN(C(=O)Nc3cc(C(F)F)ccc3C(=O)N3CC(O)C3)C2)cc1F. The third-order valence-electron chi connectivity index (χ3n) is 6.97. The second-order valence-electron chi connectivity index (χ2n) is 9.36. The largest absolute Gasteiger partial charge is 0.389 e.